The molecular weight excluding hydrogens is 420 g/mol. The van der Waals surface area contributed by atoms with Gasteiger partial charge in [-0.25, -0.2) is 13.1 Å². The molecule has 1 saturated heterocycles. The van der Waals surface area contributed by atoms with Crippen molar-refractivity contribution in [1.82, 2.24) is 18.2 Å². The molecule has 12 heteroatoms. The summed E-state index contributed by atoms with van der Waals surface area (Å²) < 4.78 is 59.7. The van der Waals surface area contributed by atoms with Gasteiger partial charge >= 0.3 is 0 Å². The zero-order valence-corrected chi connectivity index (χ0v) is 18.7. The smallest absolute Gasteiger partial charge is 0.279 e. The number of hydrogen-bond donors (Lipinski definition) is 1. The number of ether oxygens (including phenoxy) is 1. The number of benzene rings is 1. The summed E-state index contributed by atoms with van der Waals surface area (Å²) in [5.74, 6) is -0.191. The number of sulfonamides is 1. The summed E-state index contributed by atoms with van der Waals surface area (Å²) in [5, 5.41) is 0. The quantitative estimate of drug-likeness (QED) is 0.596. The Morgan fingerprint density at radius 2 is 1.69 bits per heavy atom. The molecule has 1 amide bonds. The van der Waals surface area contributed by atoms with E-state index < -0.39 is 20.2 Å². The third kappa shape index (κ3) is 4.89. The highest BCUT2D eigenvalue weighted by Gasteiger charge is 2.30. The first kappa shape index (κ1) is 23.5. The van der Waals surface area contributed by atoms with Gasteiger partial charge < -0.3 is 9.64 Å². The highest BCUT2D eigenvalue weighted by molar-refractivity contribution is 7.89. The number of nitrogens with zero attached hydrogens (tertiary/aromatic N) is 3. The Balaban J connectivity index is 2.29. The van der Waals surface area contributed by atoms with Crippen molar-refractivity contribution in [3.63, 3.8) is 0 Å². The minimum Gasteiger partial charge on any atom is -0.495 e. The molecule has 10 nitrogen and oxygen atoms in total. The molecule has 0 atom stereocenters. The normalized spacial score (nSPS) is 16.2. The van der Waals surface area contributed by atoms with Crippen LogP contribution in [0.1, 0.15) is 24.2 Å². The Morgan fingerprint density at radius 1 is 1.10 bits per heavy atom. The Morgan fingerprint density at radius 3 is 2.17 bits per heavy atom. The van der Waals surface area contributed by atoms with Crippen LogP contribution >= 0.6 is 0 Å². The van der Waals surface area contributed by atoms with Crippen molar-refractivity contribution in [2.24, 2.45) is 0 Å². The Kier molecular flexibility index (Phi) is 7.62. The van der Waals surface area contributed by atoms with Gasteiger partial charge in [0.15, 0.2) is 0 Å². The molecule has 1 heterocycles. The Labute approximate surface area is 172 Å². The molecule has 0 radical (unpaired) electrons. The van der Waals surface area contributed by atoms with Crippen molar-refractivity contribution in [2.45, 2.75) is 18.7 Å². The molecule has 164 valence electrons. The van der Waals surface area contributed by atoms with Crippen molar-refractivity contribution in [3.8, 4) is 5.75 Å². The van der Waals surface area contributed by atoms with Crippen molar-refractivity contribution in [3.05, 3.63) is 23.8 Å². The van der Waals surface area contributed by atoms with Crippen LogP contribution < -0.4 is 9.46 Å². The maximum absolute atomic E-state index is 13.0. The summed E-state index contributed by atoms with van der Waals surface area (Å²) in [6.07, 6.45) is 0. The van der Waals surface area contributed by atoms with Crippen LogP contribution in [0.25, 0.3) is 0 Å². The molecular formula is C17H28N4O6S2. The minimum atomic E-state index is -3.82. The molecule has 1 N–H and O–H groups in total. The van der Waals surface area contributed by atoms with E-state index in [1.54, 1.807) is 13.8 Å². The van der Waals surface area contributed by atoms with Gasteiger partial charge in [-0.2, -0.15) is 17.0 Å². The van der Waals surface area contributed by atoms with Crippen LogP contribution in [0.2, 0.25) is 0 Å². The van der Waals surface area contributed by atoms with Crippen LogP contribution in [-0.2, 0) is 20.2 Å². The highest BCUT2D eigenvalue weighted by atomic mass is 32.2. The molecule has 1 aliphatic heterocycles. The molecule has 1 aliphatic rings. The maximum atomic E-state index is 13.0. The number of carbonyl (C=O) groups is 1. The molecule has 1 aromatic rings. The Hall–Kier alpha value is -1.73. The lowest BCUT2D eigenvalue weighted by Gasteiger charge is -2.33. The number of hydrogen-bond acceptors (Lipinski definition) is 6. The standard InChI is InChI=1S/C17H28N4O6S2/c1-5-20(6-2)28(23,24)16-13-14(7-8-15(16)27-4)17(22)19-9-11-21(12-10-19)29(25,26)18-3/h7-8,13,18H,5-6,9-12H2,1-4H3. The van der Waals surface area contributed by atoms with Crippen LogP contribution in [-0.4, -0.2) is 89.7 Å². The van der Waals surface area contributed by atoms with Crippen LogP contribution in [0.3, 0.4) is 0 Å². The van der Waals surface area contributed by atoms with E-state index in [2.05, 4.69) is 4.72 Å². The van der Waals surface area contributed by atoms with Crippen molar-refractivity contribution >= 4 is 26.1 Å². The summed E-state index contributed by atoms with van der Waals surface area (Å²) in [6, 6.07) is 4.30. The van der Waals surface area contributed by atoms with E-state index in [4.69, 9.17) is 4.74 Å². The number of carbonyl (C=O) groups excluding carboxylic acids is 1. The van der Waals surface area contributed by atoms with Crippen LogP contribution in [0.4, 0.5) is 0 Å². The van der Waals surface area contributed by atoms with E-state index in [0.29, 0.717) is 13.1 Å². The minimum absolute atomic E-state index is 0.0639. The van der Waals surface area contributed by atoms with Gasteiger partial charge in [0.25, 0.3) is 16.1 Å². The summed E-state index contributed by atoms with van der Waals surface area (Å²) in [5.41, 5.74) is 0.210. The van der Waals surface area contributed by atoms with Crippen molar-refractivity contribution < 1.29 is 26.4 Å². The summed E-state index contributed by atoms with van der Waals surface area (Å²) >= 11 is 0. The number of rotatable bonds is 8. The molecule has 2 rings (SSSR count). The fourth-order valence-electron chi connectivity index (χ4n) is 3.16. The first-order valence-corrected chi connectivity index (χ1v) is 12.2. The zero-order chi connectivity index (χ0) is 21.8. The molecule has 29 heavy (non-hydrogen) atoms. The van der Waals surface area contributed by atoms with E-state index in [1.807, 2.05) is 0 Å². The largest absolute Gasteiger partial charge is 0.495 e. The van der Waals surface area contributed by atoms with Gasteiger partial charge in [-0.3, -0.25) is 4.79 Å². The second-order valence-corrected chi connectivity index (χ2v) is 10.1. The van der Waals surface area contributed by atoms with E-state index in [9.17, 15) is 21.6 Å². The van der Waals surface area contributed by atoms with E-state index in [1.165, 1.54) is 45.9 Å². The van der Waals surface area contributed by atoms with Gasteiger partial charge in [-0.05, 0) is 18.2 Å². The van der Waals surface area contributed by atoms with Gasteiger partial charge in [0, 0.05) is 51.9 Å². The van der Waals surface area contributed by atoms with E-state index >= 15 is 0 Å². The summed E-state index contributed by atoms with van der Waals surface area (Å²) in [4.78, 5) is 14.4. The number of nitrogens with one attached hydrogen (secondary N) is 1. The monoisotopic (exact) mass is 448 g/mol. The molecule has 0 aliphatic carbocycles. The molecule has 0 unspecified atom stereocenters. The summed E-state index contributed by atoms with van der Waals surface area (Å²) in [7, 11) is -4.65. The topological polar surface area (TPSA) is 116 Å². The second-order valence-electron chi connectivity index (χ2n) is 6.36. The maximum Gasteiger partial charge on any atom is 0.279 e. The molecule has 1 fully saturated rings. The van der Waals surface area contributed by atoms with Crippen LogP contribution in [0.5, 0.6) is 5.75 Å². The lowest BCUT2D eigenvalue weighted by atomic mass is 10.1. The van der Waals surface area contributed by atoms with Crippen molar-refractivity contribution in [1.29, 1.82) is 0 Å². The lowest BCUT2D eigenvalue weighted by molar-refractivity contribution is 0.0697. The number of amides is 1. The third-order valence-electron chi connectivity index (χ3n) is 4.86. The van der Waals surface area contributed by atoms with Gasteiger partial charge in [0.2, 0.25) is 10.0 Å². The molecule has 0 saturated carbocycles. The first-order valence-electron chi connectivity index (χ1n) is 9.28. The average Bonchev–Trinajstić information content (AvgIpc) is 2.73. The predicted molar refractivity (Wildman–Crippen MR) is 109 cm³/mol. The fraction of sp³-hybridized carbons (Fsp3) is 0.588. The summed E-state index contributed by atoms with van der Waals surface area (Å²) in [6.45, 7) is 4.81. The molecule has 0 aromatic heterocycles. The highest BCUT2D eigenvalue weighted by Crippen LogP contribution is 2.28. The lowest BCUT2D eigenvalue weighted by Crippen LogP contribution is -2.52. The van der Waals surface area contributed by atoms with Crippen LogP contribution in [0, 0.1) is 0 Å². The number of piperazine rings is 1. The molecule has 0 spiro atoms. The van der Waals surface area contributed by atoms with Crippen LogP contribution in [0.15, 0.2) is 23.1 Å². The van der Waals surface area contributed by atoms with Crippen molar-refractivity contribution in [2.75, 3.05) is 53.4 Å². The van der Waals surface area contributed by atoms with E-state index in [-0.39, 0.29) is 48.3 Å². The van der Waals surface area contributed by atoms with E-state index in [0.717, 1.165) is 0 Å². The third-order valence-corrected chi connectivity index (χ3v) is 8.49. The fourth-order valence-corrected chi connectivity index (χ4v) is 5.70. The van der Waals surface area contributed by atoms with Gasteiger partial charge in [0.1, 0.15) is 10.6 Å². The van der Waals surface area contributed by atoms with Gasteiger partial charge in [-0.1, -0.05) is 13.8 Å². The van der Waals surface area contributed by atoms with Gasteiger partial charge in [-0.15, -0.1) is 0 Å². The van der Waals surface area contributed by atoms with Gasteiger partial charge in [0.05, 0.1) is 7.11 Å². The zero-order valence-electron chi connectivity index (χ0n) is 17.1. The average molecular weight is 449 g/mol. The number of methoxy groups -OCH3 is 1. The Bertz CT molecular complexity index is 937. The predicted octanol–water partition coefficient (Wildman–Crippen LogP) is -0.0523. The first-order chi connectivity index (χ1) is 13.6. The second kappa shape index (κ2) is 9.39. The SMILES string of the molecule is CCN(CC)S(=O)(=O)c1cc(C(=O)N2CCN(S(=O)(=O)NC)CC2)ccc1OC. The molecule has 1 aromatic carbocycles. The molecule has 0 bridgehead atoms.